The molecule has 3 aromatic rings. The fourth-order valence-corrected chi connectivity index (χ4v) is 3.25. The molecular formula is C21H23NO3. The highest BCUT2D eigenvalue weighted by Crippen LogP contribution is 2.36. The van der Waals surface area contributed by atoms with E-state index in [1.807, 2.05) is 60.0 Å². The van der Waals surface area contributed by atoms with Crippen molar-refractivity contribution in [3.05, 3.63) is 59.8 Å². The number of nitrogens with zero attached hydrogens (tertiary/aromatic N) is 1. The van der Waals surface area contributed by atoms with Gasteiger partial charge in [0.1, 0.15) is 11.4 Å². The molecule has 1 heterocycles. The lowest BCUT2D eigenvalue weighted by atomic mass is 9.99. The highest BCUT2D eigenvalue weighted by atomic mass is 16.5. The molecule has 4 heteroatoms. The van der Waals surface area contributed by atoms with Gasteiger partial charge in [-0.2, -0.15) is 0 Å². The van der Waals surface area contributed by atoms with Crippen LogP contribution in [0.3, 0.4) is 0 Å². The molecule has 0 radical (unpaired) electrons. The number of para-hydroxylation sites is 1. The minimum Gasteiger partial charge on any atom is -0.497 e. The summed E-state index contributed by atoms with van der Waals surface area (Å²) in [5.74, 6) is 0.638. The highest BCUT2D eigenvalue weighted by molar-refractivity contribution is 6.01. The number of benzene rings is 2. The van der Waals surface area contributed by atoms with Gasteiger partial charge in [0, 0.05) is 11.1 Å². The fraction of sp³-hybridized carbons (Fsp3) is 0.286. The van der Waals surface area contributed by atoms with Crippen LogP contribution in [0.5, 0.6) is 5.75 Å². The third-order valence-electron chi connectivity index (χ3n) is 4.27. The van der Waals surface area contributed by atoms with E-state index in [1.165, 1.54) is 0 Å². The average Bonchev–Trinajstić information content (AvgIpc) is 2.97. The van der Waals surface area contributed by atoms with Crippen LogP contribution in [0.4, 0.5) is 0 Å². The molecule has 0 aliphatic heterocycles. The predicted octanol–water partition coefficient (Wildman–Crippen LogP) is 4.94. The van der Waals surface area contributed by atoms with Gasteiger partial charge in [-0.3, -0.25) is 0 Å². The molecule has 0 bridgehead atoms. The van der Waals surface area contributed by atoms with E-state index >= 15 is 0 Å². The minimum atomic E-state index is -0.301. The summed E-state index contributed by atoms with van der Waals surface area (Å²) in [6, 6.07) is 15.8. The molecule has 0 aliphatic rings. The molecule has 2 aromatic carbocycles. The lowest BCUT2D eigenvalue weighted by Gasteiger charge is -2.12. The van der Waals surface area contributed by atoms with E-state index < -0.39 is 0 Å². The molecule has 25 heavy (non-hydrogen) atoms. The number of methoxy groups -OCH3 is 1. The number of hydrogen-bond acceptors (Lipinski definition) is 3. The van der Waals surface area contributed by atoms with Crippen LogP contribution >= 0.6 is 0 Å². The molecule has 0 aliphatic carbocycles. The summed E-state index contributed by atoms with van der Waals surface area (Å²) in [6.45, 7) is 6.35. The summed E-state index contributed by atoms with van der Waals surface area (Å²) >= 11 is 0. The average molecular weight is 337 g/mol. The van der Waals surface area contributed by atoms with Crippen LogP contribution in [-0.2, 0) is 4.74 Å². The SMILES string of the molecule is CCOC(=O)c1c(C(C)C)c2cc(OC)ccc2n1-c1ccccc1. The van der Waals surface area contributed by atoms with Crippen molar-refractivity contribution in [1.29, 1.82) is 0 Å². The molecule has 0 spiro atoms. The van der Waals surface area contributed by atoms with Crippen molar-refractivity contribution in [2.45, 2.75) is 26.7 Å². The van der Waals surface area contributed by atoms with Gasteiger partial charge in [-0.05, 0) is 48.7 Å². The number of esters is 1. The largest absolute Gasteiger partial charge is 0.497 e. The Balaban J connectivity index is 2.42. The van der Waals surface area contributed by atoms with Crippen molar-refractivity contribution < 1.29 is 14.3 Å². The Labute approximate surface area is 148 Å². The standard InChI is InChI=1S/C21H23NO3/c1-5-25-21(23)20-19(14(2)3)17-13-16(24-4)11-12-18(17)22(20)15-9-7-6-8-10-15/h6-14H,5H2,1-4H3. The van der Waals surface area contributed by atoms with Gasteiger partial charge >= 0.3 is 5.97 Å². The maximum atomic E-state index is 12.8. The number of aromatic nitrogens is 1. The maximum absolute atomic E-state index is 12.8. The van der Waals surface area contributed by atoms with E-state index in [0.29, 0.717) is 12.3 Å². The molecule has 0 unspecified atom stereocenters. The Bertz CT molecular complexity index is 894. The van der Waals surface area contributed by atoms with Crippen molar-refractivity contribution >= 4 is 16.9 Å². The summed E-state index contributed by atoms with van der Waals surface area (Å²) in [4.78, 5) is 12.8. The smallest absolute Gasteiger partial charge is 0.355 e. The molecular weight excluding hydrogens is 314 g/mol. The molecule has 0 fully saturated rings. The zero-order chi connectivity index (χ0) is 18.0. The van der Waals surface area contributed by atoms with Crippen LogP contribution in [0.15, 0.2) is 48.5 Å². The number of hydrogen-bond donors (Lipinski definition) is 0. The second kappa shape index (κ2) is 7.01. The van der Waals surface area contributed by atoms with E-state index in [0.717, 1.165) is 27.9 Å². The lowest BCUT2D eigenvalue weighted by molar-refractivity contribution is 0.0515. The third kappa shape index (κ3) is 3.00. The van der Waals surface area contributed by atoms with Gasteiger partial charge < -0.3 is 14.0 Å². The van der Waals surface area contributed by atoms with Gasteiger partial charge in [0.05, 0.1) is 19.2 Å². The highest BCUT2D eigenvalue weighted by Gasteiger charge is 2.26. The van der Waals surface area contributed by atoms with Crippen LogP contribution in [0.25, 0.3) is 16.6 Å². The first-order valence-corrected chi connectivity index (χ1v) is 8.53. The first kappa shape index (κ1) is 17.1. The molecule has 130 valence electrons. The van der Waals surface area contributed by atoms with Crippen LogP contribution in [-0.4, -0.2) is 24.3 Å². The molecule has 3 rings (SSSR count). The summed E-state index contributed by atoms with van der Waals surface area (Å²) in [6.07, 6.45) is 0. The van der Waals surface area contributed by atoms with Crippen molar-refractivity contribution in [3.63, 3.8) is 0 Å². The second-order valence-corrected chi connectivity index (χ2v) is 6.19. The van der Waals surface area contributed by atoms with Crippen molar-refractivity contribution in [3.8, 4) is 11.4 Å². The Kier molecular flexibility index (Phi) is 4.79. The normalized spacial score (nSPS) is 11.1. The van der Waals surface area contributed by atoms with Gasteiger partial charge in [-0.25, -0.2) is 4.79 Å². The van der Waals surface area contributed by atoms with E-state index in [-0.39, 0.29) is 11.9 Å². The third-order valence-corrected chi connectivity index (χ3v) is 4.27. The number of ether oxygens (including phenoxy) is 2. The molecule has 0 amide bonds. The quantitative estimate of drug-likeness (QED) is 0.619. The zero-order valence-corrected chi connectivity index (χ0v) is 15.1. The van der Waals surface area contributed by atoms with Crippen molar-refractivity contribution in [2.24, 2.45) is 0 Å². The Morgan fingerprint density at radius 1 is 1.12 bits per heavy atom. The Hall–Kier alpha value is -2.75. The van der Waals surface area contributed by atoms with Crippen molar-refractivity contribution in [2.75, 3.05) is 13.7 Å². The summed E-state index contributed by atoms with van der Waals surface area (Å²) in [5, 5.41) is 1.02. The molecule has 0 saturated carbocycles. The summed E-state index contributed by atoms with van der Waals surface area (Å²) < 4.78 is 12.8. The number of carbonyl (C=O) groups is 1. The first-order chi connectivity index (χ1) is 12.1. The molecule has 0 atom stereocenters. The van der Waals surface area contributed by atoms with E-state index in [2.05, 4.69) is 13.8 Å². The van der Waals surface area contributed by atoms with Gasteiger partial charge in [-0.1, -0.05) is 32.0 Å². The minimum absolute atomic E-state index is 0.166. The maximum Gasteiger partial charge on any atom is 0.355 e. The number of fused-ring (bicyclic) bond motifs is 1. The van der Waals surface area contributed by atoms with Crippen LogP contribution in [0.1, 0.15) is 42.7 Å². The first-order valence-electron chi connectivity index (χ1n) is 8.53. The zero-order valence-electron chi connectivity index (χ0n) is 15.1. The van der Waals surface area contributed by atoms with E-state index in [1.54, 1.807) is 7.11 Å². The van der Waals surface area contributed by atoms with Gasteiger partial charge in [0.25, 0.3) is 0 Å². The van der Waals surface area contributed by atoms with Crippen LogP contribution < -0.4 is 4.74 Å². The Morgan fingerprint density at radius 3 is 2.44 bits per heavy atom. The van der Waals surface area contributed by atoms with E-state index in [9.17, 15) is 4.79 Å². The van der Waals surface area contributed by atoms with Crippen LogP contribution in [0.2, 0.25) is 0 Å². The van der Waals surface area contributed by atoms with Gasteiger partial charge in [0.15, 0.2) is 0 Å². The fourth-order valence-electron chi connectivity index (χ4n) is 3.25. The van der Waals surface area contributed by atoms with Gasteiger partial charge in [-0.15, -0.1) is 0 Å². The summed E-state index contributed by atoms with van der Waals surface area (Å²) in [5.41, 5.74) is 3.48. The Morgan fingerprint density at radius 2 is 1.84 bits per heavy atom. The lowest BCUT2D eigenvalue weighted by Crippen LogP contribution is -2.13. The summed E-state index contributed by atoms with van der Waals surface area (Å²) in [7, 11) is 1.65. The molecule has 1 aromatic heterocycles. The molecule has 0 N–H and O–H groups in total. The monoisotopic (exact) mass is 337 g/mol. The van der Waals surface area contributed by atoms with E-state index in [4.69, 9.17) is 9.47 Å². The molecule has 0 saturated heterocycles. The number of carbonyl (C=O) groups excluding carboxylic acids is 1. The second-order valence-electron chi connectivity index (χ2n) is 6.19. The van der Waals surface area contributed by atoms with Crippen LogP contribution in [0, 0.1) is 0 Å². The predicted molar refractivity (Wildman–Crippen MR) is 99.9 cm³/mol. The van der Waals surface area contributed by atoms with Gasteiger partial charge in [0.2, 0.25) is 0 Å². The van der Waals surface area contributed by atoms with Crippen molar-refractivity contribution in [1.82, 2.24) is 4.57 Å². The molecule has 4 nitrogen and oxygen atoms in total. The number of rotatable bonds is 5. The topological polar surface area (TPSA) is 40.5 Å².